The highest BCUT2D eigenvalue weighted by molar-refractivity contribution is 5.94. The number of benzene rings is 1. The van der Waals surface area contributed by atoms with Crippen molar-refractivity contribution in [1.82, 2.24) is 10.6 Å². The van der Waals surface area contributed by atoms with Crippen molar-refractivity contribution in [2.75, 3.05) is 0 Å². The van der Waals surface area contributed by atoms with Gasteiger partial charge in [-0.2, -0.15) is 0 Å². The first-order chi connectivity index (χ1) is 13.5. The molecule has 10 nitrogen and oxygen atoms in total. The summed E-state index contributed by atoms with van der Waals surface area (Å²) in [7, 11) is 0. The van der Waals surface area contributed by atoms with Crippen LogP contribution in [0.25, 0.3) is 0 Å². The molecule has 0 aliphatic carbocycles. The molecule has 0 fully saturated rings. The summed E-state index contributed by atoms with van der Waals surface area (Å²) >= 11 is 0. The maximum Gasteiger partial charge on any atom is 0.326 e. The molecule has 29 heavy (non-hydrogen) atoms. The predicted molar refractivity (Wildman–Crippen MR) is 103 cm³/mol. The molecule has 0 radical (unpaired) electrons. The Morgan fingerprint density at radius 3 is 2.00 bits per heavy atom. The Hall–Kier alpha value is -3.14. The molecule has 7 N–H and O–H groups in total. The Balaban J connectivity index is 2.81. The van der Waals surface area contributed by atoms with E-state index in [2.05, 4.69) is 10.6 Å². The topological polar surface area (TPSA) is 179 Å². The molecule has 0 aliphatic heterocycles. The molecule has 160 valence electrons. The van der Waals surface area contributed by atoms with Crippen LogP contribution in [0.4, 0.5) is 0 Å². The number of hydrogen-bond donors (Lipinski definition) is 6. The van der Waals surface area contributed by atoms with E-state index in [1.54, 1.807) is 26.0 Å². The van der Waals surface area contributed by atoms with Gasteiger partial charge in [0.05, 0.1) is 12.5 Å². The van der Waals surface area contributed by atoms with Crippen molar-refractivity contribution in [3.8, 4) is 5.75 Å². The summed E-state index contributed by atoms with van der Waals surface area (Å²) in [5.41, 5.74) is 6.49. The third-order valence-electron chi connectivity index (χ3n) is 4.06. The fraction of sp³-hybridized carbons (Fsp3) is 0.474. The number of phenols is 1. The number of carboxylic acid groups (broad SMARTS) is 2. The van der Waals surface area contributed by atoms with Crippen LogP contribution in [0.15, 0.2) is 24.3 Å². The average Bonchev–Trinajstić information content (AvgIpc) is 2.61. The highest BCUT2D eigenvalue weighted by atomic mass is 16.4. The molecular weight excluding hydrogens is 382 g/mol. The minimum absolute atomic E-state index is 0.0253. The van der Waals surface area contributed by atoms with Crippen LogP contribution < -0.4 is 16.4 Å². The summed E-state index contributed by atoms with van der Waals surface area (Å²) < 4.78 is 0. The van der Waals surface area contributed by atoms with Crippen molar-refractivity contribution in [2.45, 2.75) is 51.2 Å². The van der Waals surface area contributed by atoms with Gasteiger partial charge in [-0.05, 0) is 36.5 Å². The van der Waals surface area contributed by atoms with Gasteiger partial charge in [0.25, 0.3) is 0 Å². The van der Waals surface area contributed by atoms with Crippen LogP contribution in [-0.4, -0.2) is 57.2 Å². The molecule has 0 saturated carbocycles. The average molecular weight is 409 g/mol. The minimum Gasteiger partial charge on any atom is -0.508 e. The standard InChI is InChI=1S/C19H27N3O7/c1-10(2)7-15(19(28)29)22-18(27)14(9-16(24)25)21-17(26)13(20)8-11-3-5-12(23)6-4-11/h3-6,10,13-15,23H,7-9,20H2,1-2H3,(H,21,26)(H,22,27)(H,24,25)(H,28,29). The van der Waals surface area contributed by atoms with Gasteiger partial charge >= 0.3 is 11.9 Å². The Labute approximate surface area is 168 Å². The van der Waals surface area contributed by atoms with Crippen LogP contribution in [0.5, 0.6) is 5.75 Å². The summed E-state index contributed by atoms with van der Waals surface area (Å²) in [6.45, 7) is 3.56. The van der Waals surface area contributed by atoms with Gasteiger partial charge < -0.3 is 31.7 Å². The first-order valence-corrected chi connectivity index (χ1v) is 9.08. The van der Waals surface area contributed by atoms with Crippen LogP contribution in [0.1, 0.15) is 32.3 Å². The van der Waals surface area contributed by atoms with E-state index < -0.39 is 48.3 Å². The number of amides is 2. The maximum atomic E-state index is 12.4. The second kappa shape index (κ2) is 11.0. The quantitative estimate of drug-likeness (QED) is 0.292. The smallest absolute Gasteiger partial charge is 0.326 e. The zero-order valence-electron chi connectivity index (χ0n) is 16.3. The van der Waals surface area contributed by atoms with Gasteiger partial charge in [0, 0.05) is 0 Å². The number of aromatic hydroxyl groups is 1. The molecule has 1 aromatic rings. The van der Waals surface area contributed by atoms with Gasteiger partial charge in [-0.25, -0.2) is 4.79 Å². The maximum absolute atomic E-state index is 12.4. The normalized spacial score (nSPS) is 13.9. The third kappa shape index (κ3) is 8.60. The summed E-state index contributed by atoms with van der Waals surface area (Å²) in [6.07, 6.45) is -0.481. The fourth-order valence-electron chi connectivity index (χ4n) is 2.61. The Bertz CT molecular complexity index is 734. The van der Waals surface area contributed by atoms with E-state index in [9.17, 15) is 29.4 Å². The molecule has 0 spiro atoms. The second-order valence-corrected chi connectivity index (χ2v) is 7.17. The van der Waals surface area contributed by atoms with Crippen LogP contribution in [0.3, 0.4) is 0 Å². The molecule has 3 atom stereocenters. The molecule has 3 unspecified atom stereocenters. The summed E-state index contributed by atoms with van der Waals surface area (Å²) in [5, 5.41) is 32.1. The van der Waals surface area contributed by atoms with E-state index in [1.165, 1.54) is 12.1 Å². The highest BCUT2D eigenvalue weighted by Gasteiger charge is 2.30. The van der Waals surface area contributed by atoms with Crippen LogP contribution >= 0.6 is 0 Å². The summed E-state index contributed by atoms with van der Waals surface area (Å²) in [4.78, 5) is 47.1. The minimum atomic E-state index is -1.47. The number of phenolic OH excluding ortho intramolecular Hbond substituents is 1. The van der Waals surface area contributed by atoms with E-state index >= 15 is 0 Å². The zero-order chi connectivity index (χ0) is 22.1. The zero-order valence-corrected chi connectivity index (χ0v) is 16.3. The Morgan fingerprint density at radius 2 is 1.52 bits per heavy atom. The SMILES string of the molecule is CC(C)CC(NC(=O)C(CC(=O)O)NC(=O)C(N)Cc1ccc(O)cc1)C(=O)O. The number of nitrogens with two attached hydrogens (primary N) is 1. The molecule has 1 rings (SSSR count). The monoisotopic (exact) mass is 409 g/mol. The second-order valence-electron chi connectivity index (χ2n) is 7.17. The van der Waals surface area contributed by atoms with Gasteiger partial charge in [0.1, 0.15) is 17.8 Å². The summed E-state index contributed by atoms with van der Waals surface area (Å²) in [5.74, 6) is -4.23. The lowest BCUT2D eigenvalue weighted by Crippen LogP contribution is -2.55. The van der Waals surface area contributed by atoms with Crippen molar-refractivity contribution >= 4 is 23.8 Å². The Kier molecular flexibility index (Phi) is 9.07. The lowest BCUT2D eigenvalue weighted by atomic mass is 10.0. The van der Waals surface area contributed by atoms with Crippen LogP contribution in [0.2, 0.25) is 0 Å². The number of aliphatic carboxylic acids is 2. The lowest BCUT2D eigenvalue weighted by molar-refractivity contribution is -0.143. The van der Waals surface area contributed by atoms with Gasteiger partial charge in [0.2, 0.25) is 11.8 Å². The number of carbonyl (C=O) groups is 4. The van der Waals surface area contributed by atoms with E-state index in [-0.39, 0.29) is 24.5 Å². The third-order valence-corrected chi connectivity index (χ3v) is 4.06. The summed E-state index contributed by atoms with van der Waals surface area (Å²) in [6, 6.07) is 2.26. The van der Waals surface area contributed by atoms with Gasteiger partial charge in [-0.15, -0.1) is 0 Å². The molecular formula is C19H27N3O7. The molecule has 0 heterocycles. The van der Waals surface area contributed by atoms with Crippen molar-refractivity contribution < 1.29 is 34.5 Å². The highest BCUT2D eigenvalue weighted by Crippen LogP contribution is 2.11. The van der Waals surface area contributed by atoms with E-state index in [0.717, 1.165) is 0 Å². The fourth-order valence-corrected chi connectivity index (χ4v) is 2.61. The van der Waals surface area contributed by atoms with Crippen molar-refractivity contribution in [1.29, 1.82) is 0 Å². The van der Waals surface area contributed by atoms with Gasteiger partial charge in [-0.1, -0.05) is 26.0 Å². The Morgan fingerprint density at radius 1 is 0.966 bits per heavy atom. The van der Waals surface area contributed by atoms with E-state index in [0.29, 0.717) is 5.56 Å². The number of rotatable bonds is 11. The molecule has 1 aromatic carbocycles. The van der Waals surface area contributed by atoms with Crippen LogP contribution in [-0.2, 0) is 25.6 Å². The van der Waals surface area contributed by atoms with E-state index in [1.807, 2.05) is 0 Å². The predicted octanol–water partition coefficient (Wildman–Crippen LogP) is -0.163. The number of hydrogen-bond acceptors (Lipinski definition) is 6. The van der Waals surface area contributed by atoms with Gasteiger partial charge in [0.15, 0.2) is 0 Å². The molecule has 0 saturated heterocycles. The molecule has 0 bridgehead atoms. The lowest BCUT2D eigenvalue weighted by Gasteiger charge is -2.22. The number of nitrogens with one attached hydrogen (secondary N) is 2. The first-order valence-electron chi connectivity index (χ1n) is 9.08. The van der Waals surface area contributed by atoms with Gasteiger partial charge in [-0.3, -0.25) is 14.4 Å². The largest absolute Gasteiger partial charge is 0.508 e. The number of carboxylic acids is 2. The molecule has 0 aliphatic rings. The molecule has 10 heteroatoms. The van der Waals surface area contributed by atoms with Crippen molar-refractivity contribution in [2.24, 2.45) is 11.7 Å². The number of carbonyl (C=O) groups excluding carboxylic acids is 2. The van der Waals surface area contributed by atoms with E-state index in [4.69, 9.17) is 10.8 Å². The van der Waals surface area contributed by atoms with Crippen molar-refractivity contribution in [3.05, 3.63) is 29.8 Å². The molecule has 2 amide bonds. The van der Waals surface area contributed by atoms with Crippen LogP contribution in [0, 0.1) is 5.92 Å². The first kappa shape index (κ1) is 23.9. The van der Waals surface area contributed by atoms with Crippen molar-refractivity contribution in [3.63, 3.8) is 0 Å². The molecule has 0 aromatic heterocycles.